The van der Waals surface area contributed by atoms with Crippen molar-refractivity contribution >= 4 is 34.2 Å². The Balaban J connectivity index is 1.37. The molecule has 1 fully saturated rings. The van der Waals surface area contributed by atoms with Crippen LogP contribution in [0.3, 0.4) is 0 Å². The van der Waals surface area contributed by atoms with Crippen molar-refractivity contribution in [3.63, 3.8) is 0 Å². The van der Waals surface area contributed by atoms with Gasteiger partial charge in [-0.05, 0) is 56.0 Å². The standard InChI is InChI=1S/C18H22N4O3S/c23-16(20-17-13-6-1-2-7-14(13)21-25-17)12-5-3-9-22(11-12)18(24)19-15-8-4-10-26-15/h4,8,10,12H,1-3,5-7,9,11H2,(H,19,24)(H,20,23). The molecular formula is C18H22N4O3S. The highest BCUT2D eigenvalue weighted by atomic mass is 32.1. The number of hydrogen-bond acceptors (Lipinski definition) is 5. The number of rotatable bonds is 3. The summed E-state index contributed by atoms with van der Waals surface area (Å²) in [6.07, 6.45) is 5.60. The van der Waals surface area contributed by atoms with Gasteiger partial charge >= 0.3 is 6.03 Å². The molecule has 0 spiro atoms. The molecule has 0 radical (unpaired) electrons. The Morgan fingerprint density at radius 3 is 2.96 bits per heavy atom. The van der Waals surface area contributed by atoms with Crippen LogP contribution in [0.25, 0.3) is 0 Å². The maximum Gasteiger partial charge on any atom is 0.322 e. The molecule has 2 aromatic heterocycles. The number of aryl methyl sites for hydroxylation is 1. The van der Waals surface area contributed by atoms with Crippen molar-refractivity contribution in [1.82, 2.24) is 10.1 Å². The third kappa shape index (κ3) is 3.60. The molecule has 0 saturated carbocycles. The van der Waals surface area contributed by atoms with Gasteiger partial charge in [0.2, 0.25) is 11.8 Å². The maximum absolute atomic E-state index is 12.7. The van der Waals surface area contributed by atoms with Gasteiger partial charge in [-0.3, -0.25) is 15.4 Å². The lowest BCUT2D eigenvalue weighted by Gasteiger charge is -2.31. The van der Waals surface area contributed by atoms with Crippen LogP contribution < -0.4 is 10.6 Å². The minimum atomic E-state index is -0.234. The summed E-state index contributed by atoms with van der Waals surface area (Å²) in [6, 6.07) is 3.61. The van der Waals surface area contributed by atoms with Gasteiger partial charge in [0.25, 0.3) is 0 Å². The molecule has 2 N–H and O–H groups in total. The lowest BCUT2D eigenvalue weighted by Crippen LogP contribution is -2.45. The third-order valence-corrected chi connectivity index (χ3v) is 5.81. The molecule has 1 saturated heterocycles. The molecule has 1 aliphatic carbocycles. The lowest BCUT2D eigenvalue weighted by atomic mass is 9.96. The van der Waals surface area contributed by atoms with E-state index < -0.39 is 0 Å². The highest BCUT2D eigenvalue weighted by molar-refractivity contribution is 7.14. The summed E-state index contributed by atoms with van der Waals surface area (Å²) in [5.74, 6) is 0.162. The van der Waals surface area contributed by atoms with E-state index in [0.29, 0.717) is 19.0 Å². The molecule has 1 atom stereocenters. The van der Waals surface area contributed by atoms with E-state index in [1.807, 2.05) is 17.5 Å². The first-order valence-electron chi connectivity index (χ1n) is 9.08. The number of carbonyl (C=O) groups excluding carboxylic acids is 2. The second-order valence-corrected chi connectivity index (χ2v) is 7.77. The number of urea groups is 1. The smallest absolute Gasteiger partial charge is 0.322 e. The molecule has 2 aliphatic rings. The summed E-state index contributed by atoms with van der Waals surface area (Å²) in [5, 5.41) is 12.6. The maximum atomic E-state index is 12.7. The van der Waals surface area contributed by atoms with Crippen molar-refractivity contribution in [2.75, 3.05) is 23.7 Å². The molecule has 7 nitrogen and oxygen atoms in total. The van der Waals surface area contributed by atoms with E-state index >= 15 is 0 Å². The number of aromatic nitrogens is 1. The molecule has 1 unspecified atom stereocenters. The first-order chi connectivity index (χ1) is 12.7. The SMILES string of the molecule is O=C(Nc1onc2c1CCCC2)C1CCCN(C(=O)Nc2cccs2)C1. The summed E-state index contributed by atoms with van der Waals surface area (Å²) in [4.78, 5) is 26.8. The number of hydrogen-bond donors (Lipinski definition) is 2. The fourth-order valence-corrected chi connectivity index (χ4v) is 4.22. The van der Waals surface area contributed by atoms with Gasteiger partial charge in [-0.2, -0.15) is 0 Å². The number of amides is 3. The molecule has 26 heavy (non-hydrogen) atoms. The number of nitrogens with zero attached hydrogens (tertiary/aromatic N) is 2. The van der Waals surface area contributed by atoms with E-state index in [4.69, 9.17) is 4.52 Å². The predicted octanol–water partition coefficient (Wildman–Crippen LogP) is 3.50. The van der Waals surface area contributed by atoms with Crippen molar-refractivity contribution in [2.24, 2.45) is 5.92 Å². The predicted molar refractivity (Wildman–Crippen MR) is 99.4 cm³/mol. The Labute approximate surface area is 155 Å². The van der Waals surface area contributed by atoms with Gasteiger partial charge in [0.15, 0.2) is 0 Å². The van der Waals surface area contributed by atoms with E-state index in [-0.39, 0.29) is 17.9 Å². The van der Waals surface area contributed by atoms with Gasteiger partial charge in [0.1, 0.15) is 0 Å². The van der Waals surface area contributed by atoms with Crippen LogP contribution >= 0.6 is 11.3 Å². The number of likely N-dealkylation sites (tertiary alicyclic amines) is 1. The van der Waals surface area contributed by atoms with Crippen LogP contribution in [0.2, 0.25) is 0 Å². The topological polar surface area (TPSA) is 87.5 Å². The molecular weight excluding hydrogens is 352 g/mol. The molecule has 4 rings (SSSR count). The fourth-order valence-electron chi connectivity index (χ4n) is 3.61. The monoisotopic (exact) mass is 374 g/mol. The number of nitrogens with one attached hydrogen (secondary N) is 2. The van der Waals surface area contributed by atoms with E-state index in [9.17, 15) is 9.59 Å². The molecule has 2 aromatic rings. The second kappa shape index (κ2) is 7.49. The average Bonchev–Trinajstić information content (AvgIpc) is 3.32. The number of anilines is 2. The van der Waals surface area contributed by atoms with Crippen LogP contribution in [0.4, 0.5) is 15.7 Å². The molecule has 1 aliphatic heterocycles. The van der Waals surface area contributed by atoms with Gasteiger partial charge in [-0.1, -0.05) is 5.16 Å². The molecule has 3 heterocycles. The lowest BCUT2D eigenvalue weighted by molar-refractivity contribution is -0.121. The number of carbonyl (C=O) groups is 2. The zero-order valence-corrected chi connectivity index (χ0v) is 15.3. The van der Waals surface area contributed by atoms with Crippen molar-refractivity contribution in [3.8, 4) is 0 Å². The van der Waals surface area contributed by atoms with Crippen molar-refractivity contribution < 1.29 is 14.1 Å². The number of thiophene rings is 1. The van der Waals surface area contributed by atoms with Crippen molar-refractivity contribution in [3.05, 3.63) is 28.8 Å². The van der Waals surface area contributed by atoms with Crippen LogP contribution in [0, 0.1) is 5.92 Å². The van der Waals surface area contributed by atoms with Gasteiger partial charge < -0.3 is 9.42 Å². The largest absolute Gasteiger partial charge is 0.338 e. The Hall–Kier alpha value is -2.35. The molecule has 0 aromatic carbocycles. The highest BCUT2D eigenvalue weighted by Crippen LogP contribution is 2.28. The van der Waals surface area contributed by atoms with E-state index in [1.54, 1.807) is 4.90 Å². The summed E-state index contributed by atoms with van der Waals surface area (Å²) in [5.41, 5.74) is 2.00. The first kappa shape index (κ1) is 17.1. The average molecular weight is 374 g/mol. The van der Waals surface area contributed by atoms with Crippen LogP contribution in [0.1, 0.15) is 36.9 Å². The van der Waals surface area contributed by atoms with E-state index in [0.717, 1.165) is 54.8 Å². The molecule has 138 valence electrons. The van der Waals surface area contributed by atoms with Gasteiger partial charge in [-0.15, -0.1) is 11.3 Å². The summed E-state index contributed by atoms with van der Waals surface area (Å²) < 4.78 is 5.35. The minimum Gasteiger partial charge on any atom is -0.338 e. The van der Waals surface area contributed by atoms with Gasteiger partial charge in [0.05, 0.1) is 16.6 Å². The Kier molecular flexibility index (Phi) is 4.92. The Morgan fingerprint density at radius 2 is 2.12 bits per heavy atom. The fraction of sp³-hybridized carbons (Fsp3) is 0.500. The van der Waals surface area contributed by atoms with Gasteiger partial charge in [-0.25, -0.2) is 4.79 Å². The summed E-state index contributed by atoms with van der Waals surface area (Å²) in [6.45, 7) is 1.08. The van der Waals surface area contributed by atoms with Crippen LogP contribution in [0.15, 0.2) is 22.0 Å². The first-order valence-corrected chi connectivity index (χ1v) is 9.96. The minimum absolute atomic E-state index is 0.0943. The van der Waals surface area contributed by atoms with Crippen LogP contribution in [-0.2, 0) is 17.6 Å². The number of piperidine rings is 1. The molecule has 8 heteroatoms. The van der Waals surface area contributed by atoms with Crippen LogP contribution in [0.5, 0.6) is 0 Å². The Morgan fingerprint density at radius 1 is 1.23 bits per heavy atom. The Bertz CT molecular complexity index is 786. The van der Waals surface area contributed by atoms with Crippen LogP contribution in [-0.4, -0.2) is 35.1 Å². The summed E-state index contributed by atoms with van der Waals surface area (Å²) >= 11 is 1.48. The zero-order valence-electron chi connectivity index (χ0n) is 14.5. The van der Waals surface area contributed by atoms with E-state index in [2.05, 4.69) is 15.8 Å². The molecule has 0 bridgehead atoms. The quantitative estimate of drug-likeness (QED) is 0.861. The van der Waals surface area contributed by atoms with Crippen molar-refractivity contribution in [2.45, 2.75) is 38.5 Å². The molecule has 3 amide bonds. The van der Waals surface area contributed by atoms with Gasteiger partial charge in [0, 0.05) is 18.7 Å². The second-order valence-electron chi connectivity index (χ2n) is 6.83. The van der Waals surface area contributed by atoms with Crippen molar-refractivity contribution in [1.29, 1.82) is 0 Å². The van der Waals surface area contributed by atoms with E-state index in [1.165, 1.54) is 11.3 Å². The third-order valence-electron chi connectivity index (χ3n) is 5.03. The highest BCUT2D eigenvalue weighted by Gasteiger charge is 2.30. The number of fused-ring (bicyclic) bond motifs is 1. The normalized spacial score (nSPS) is 19.7. The summed E-state index contributed by atoms with van der Waals surface area (Å²) in [7, 11) is 0. The zero-order chi connectivity index (χ0) is 17.9.